The van der Waals surface area contributed by atoms with Crippen LogP contribution >= 0.6 is 0 Å². The van der Waals surface area contributed by atoms with Crippen LogP contribution in [-0.4, -0.2) is 47.4 Å². The molecule has 2 aromatic carbocycles. The Morgan fingerprint density at radius 3 is 2.35 bits per heavy atom. The smallest absolute Gasteiger partial charge is 0.231 e. The monoisotopic (exact) mass is 482 g/mol. The number of benzene rings is 2. The van der Waals surface area contributed by atoms with E-state index in [2.05, 4.69) is 24.1 Å². The van der Waals surface area contributed by atoms with E-state index in [0.717, 1.165) is 28.8 Å². The van der Waals surface area contributed by atoms with Gasteiger partial charge < -0.3 is 10.3 Å². The van der Waals surface area contributed by atoms with Crippen LogP contribution in [0.3, 0.4) is 0 Å². The van der Waals surface area contributed by atoms with Gasteiger partial charge in [0.05, 0.1) is 28.2 Å². The van der Waals surface area contributed by atoms with Gasteiger partial charge in [0.15, 0.2) is 0 Å². The zero-order valence-corrected chi connectivity index (χ0v) is 20.9. The number of H-pyrrole nitrogens is 1. The molecule has 8 heteroatoms. The third-order valence-corrected chi connectivity index (χ3v) is 8.73. The van der Waals surface area contributed by atoms with E-state index in [-0.39, 0.29) is 17.7 Å². The first-order chi connectivity index (χ1) is 16.2. The van der Waals surface area contributed by atoms with Crippen LogP contribution in [0, 0.1) is 5.92 Å². The minimum atomic E-state index is -3.29. The van der Waals surface area contributed by atoms with Gasteiger partial charge in [-0.1, -0.05) is 56.3 Å². The predicted molar refractivity (Wildman–Crippen MR) is 135 cm³/mol. The second kappa shape index (κ2) is 9.88. The summed E-state index contributed by atoms with van der Waals surface area (Å²) in [5.74, 6) is 1.10. The topological polar surface area (TPSA) is 95.2 Å². The molecule has 0 radical (unpaired) electrons. The highest BCUT2D eigenvalue weighted by Gasteiger charge is 2.45. The van der Waals surface area contributed by atoms with Crippen molar-refractivity contribution in [1.82, 2.24) is 19.6 Å². The fourth-order valence-corrected chi connectivity index (χ4v) is 5.98. The average Bonchev–Trinajstić information content (AvgIpc) is 3.28. The maximum Gasteiger partial charge on any atom is 0.231 e. The zero-order valence-electron chi connectivity index (χ0n) is 20.1. The van der Waals surface area contributed by atoms with E-state index in [1.807, 2.05) is 54.6 Å². The summed E-state index contributed by atoms with van der Waals surface area (Å²) in [6, 6.07) is 17.3. The number of hydrogen-bond donors (Lipinski definition) is 2. The molecule has 0 spiro atoms. The first kappa shape index (κ1) is 24.4. The van der Waals surface area contributed by atoms with E-state index < -0.39 is 15.4 Å². The van der Waals surface area contributed by atoms with Crippen molar-refractivity contribution in [3.05, 3.63) is 66.0 Å². The van der Waals surface area contributed by atoms with Gasteiger partial charge in [-0.25, -0.2) is 17.7 Å². The van der Waals surface area contributed by atoms with Gasteiger partial charge in [0, 0.05) is 13.1 Å². The molecule has 1 fully saturated rings. The number of aromatic amines is 1. The summed E-state index contributed by atoms with van der Waals surface area (Å²) in [7, 11) is -3.29. The lowest BCUT2D eigenvalue weighted by molar-refractivity contribution is -0.129. The Morgan fingerprint density at radius 1 is 1.09 bits per heavy atom. The minimum absolute atomic E-state index is 0.0695. The van der Waals surface area contributed by atoms with Crippen molar-refractivity contribution in [2.75, 3.05) is 18.8 Å². The van der Waals surface area contributed by atoms with Crippen LogP contribution in [-0.2, 0) is 20.2 Å². The molecule has 182 valence electrons. The van der Waals surface area contributed by atoms with Crippen LogP contribution in [0.15, 0.2) is 54.6 Å². The standard InChI is InChI=1S/C26H34N4O3S/c1-4-34(32,33)30-16-14-26(15-17-30,20-10-6-5-7-11-20)25(31)29-23(18-19(2)3)24-27-21-12-8-9-13-22(21)28-24/h5-13,19,23H,4,14-18H2,1-3H3,(H,27,28)(H,29,31)/t23-/m0/s1. The number of hydrogen-bond acceptors (Lipinski definition) is 4. The van der Waals surface area contributed by atoms with E-state index in [1.165, 1.54) is 4.31 Å². The maximum atomic E-state index is 14.0. The Balaban J connectivity index is 1.65. The second-order valence-corrected chi connectivity index (χ2v) is 11.8. The van der Waals surface area contributed by atoms with Crippen LogP contribution in [0.1, 0.15) is 57.5 Å². The first-order valence-corrected chi connectivity index (χ1v) is 13.6. The molecule has 1 aromatic heterocycles. The Morgan fingerprint density at radius 2 is 1.74 bits per heavy atom. The maximum absolute atomic E-state index is 14.0. The Kier molecular flexibility index (Phi) is 7.09. The molecule has 3 aromatic rings. The van der Waals surface area contributed by atoms with Crippen LogP contribution < -0.4 is 5.32 Å². The molecule has 0 saturated carbocycles. The second-order valence-electron chi connectivity index (χ2n) is 9.54. The number of nitrogens with one attached hydrogen (secondary N) is 2. The number of aromatic nitrogens is 2. The van der Waals surface area contributed by atoms with Crippen LogP contribution in [0.25, 0.3) is 11.0 Å². The fraction of sp³-hybridized carbons (Fsp3) is 0.462. The van der Waals surface area contributed by atoms with Gasteiger partial charge in [-0.15, -0.1) is 0 Å². The zero-order chi connectivity index (χ0) is 24.3. The van der Waals surface area contributed by atoms with Crippen molar-refractivity contribution in [1.29, 1.82) is 0 Å². The number of carbonyl (C=O) groups excluding carboxylic acids is 1. The summed E-state index contributed by atoms with van der Waals surface area (Å²) in [5, 5.41) is 3.30. The summed E-state index contributed by atoms with van der Waals surface area (Å²) in [5.41, 5.74) is 1.95. The molecular formula is C26H34N4O3S. The van der Waals surface area contributed by atoms with Gasteiger partial charge in [-0.2, -0.15) is 0 Å². The number of para-hydroxylation sites is 2. The van der Waals surface area contributed by atoms with Crippen molar-refractivity contribution >= 4 is 27.0 Å². The first-order valence-electron chi connectivity index (χ1n) is 12.0. The summed E-state index contributed by atoms with van der Waals surface area (Å²) < 4.78 is 26.4. The molecule has 1 amide bonds. The number of fused-ring (bicyclic) bond motifs is 1. The summed E-state index contributed by atoms with van der Waals surface area (Å²) in [6.07, 6.45) is 1.62. The molecule has 1 aliphatic heterocycles. The predicted octanol–water partition coefficient (Wildman–Crippen LogP) is 4.15. The summed E-state index contributed by atoms with van der Waals surface area (Å²) in [4.78, 5) is 22.1. The molecule has 0 unspecified atom stereocenters. The molecule has 4 rings (SSSR count). The van der Waals surface area contributed by atoms with E-state index in [0.29, 0.717) is 31.8 Å². The largest absolute Gasteiger partial charge is 0.345 e. The number of rotatable bonds is 8. The van der Waals surface area contributed by atoms with Crippen molar-refractivity contribution in [3.8, 4) is 0 Å². The van der Waals surface area contributed by atoms with Crippen molar-refractivity contribution in [3.63, 3.8) is 0 Å². The highest BCUT2D eigenvalue weighted by atomic mass is 32.2. The van der Waals surface area contributed by atoms with E-state index in [9.17, 15) is 13.2 Å². The van der Waals surface area contributed by atoms with E-state index >= 15 is 0 Å². The van der Waals surface area contributed by atoms with Gasteiger partial charge in [0.2, 0.25) is 15.9 Å². The van der Waals surface area contributed by atoms with Crippen LogP contribution in [0.2, 0.25) is 0 Å². The number of piperidine rings is 1. The lowest BCUT2D eigenvalue weighted by Crippen LogP contribution is -2.53. The number of sulfonamides is 1. The lowest BCUT2D eigenvalue weighted by Gasteiger charge is -2.41. The lowest BCUT2D eigenvalue weighted by atomic mass is 9.72. The number of imidazole rings is 1. The molecule has 34 heavy (non-hydrogen) atoms. The van der Waals surface area contributed by atoms with Crippen molar-refractivity contribution < 1.29 is 13.2 Å². The van der Waals surface area contributed by atoms with E-state index in [1.54, 1.807) is 6.92 Å². The van der Waals surface area contributed by atoms with E-state index in [4.69, 9.17) is 4.98 Å². The van der Waals surface area contributed by atoms with Crippen molar-refractivity contribution in [2.45, 2.75) is 51.5 Å². The Bertz CT molecular complexity index is 1200. The molecular weight excluding hydrogens is 448 g/mol. The number of nitrogens with zero attached hydrogens (tertiary/aromatic N) is 2. The molecule has 7 nitrogen and oxygen atoms in total. The normalized spacial score (nSPS) is 17.6. The van der Waals surface area contributed by atoms with Gasteiger partial charge in [-0.3, -0.25) is 4.79 Å². The van der Waals surface area contributed by atoms with Gasteiger partial charge in [-0.05, 0) is 49.8 Å². The van der Waals surface area contributed by atoms with Gasteiger partial charge in [0.1, 0.15) is 5.82 Å². The third-order valence-electron chi connectivity index (χ3n) is 6.85. The molecule has 0 bridgehead atoms. The Labute approximate surface area is 202 Å². The van der Waals surface area contributed by atoms with Crippen molar-refractivity contribution in [2.24, 2.45) is 5.92 Å². The summed E-state index contributed by atoms with van der Waals surface area (Å²) >= 11 is 0. The van der Waals surface area contributed by atoms with Crippen LogP contribution in [0.4, 0.5) is 0 Å². The number of amides is 1. The van der Waals surface area contributed by atoms with Gasteiger partial charge in [0.25, 0.3) is 0 Å². The SMILES string of the molecule is CCS(=O)(=O)N1CCC(C(=O)N[C@@H](CC(C)C)c2nc3ccccc3[nH]2)(c2ccccc2)CC1. The molecule has 2 N–H and O–H groups in total. The highest BCUT2D eigenvalue weighted by Crippen LogP contribution is 2.38. The Hall–Kier alpha value is -2.71. The average molecular weight is 483 g/mol. The molecule has 1 aliphatic rings. The van der Waals surface area contributed by atoms with Gasteiger partial charge >= 0.3 is 0 Å². The highest BCUT2D eigenvalue weighted by molar-refractivity contribution is 7.89. The molecule has 1 atom stereocenters. The van der Waals surface area contributed by atoms with Crippen LogP contribution in [0.5, 0.6) is 0 Å². The molecule has 2 heterocycles. The quantitative estimate of drug-likeness (QED) is 0.504. The summed E-state index contributed by atoms with van der Waals surface area (Å²) in [6.45, 7) is 6.58. The third kappa shape index (κ3) is 4.88. The fourth-order valence-electron chi connectivity index (χ4n) is 4.88. The number of carbonyl (C=O) groups is 1. The minimum Gasteiger partial charge on any atom is -0.345 e. The molecule has 0 aliphatic carbocycles. The molecule has 1 saturated heterocycles.